The molecule has 2 saturated carbocycles. The number of fused-ring (bicyclic) bond motifs is 2. The Morgan fingerprint density at radius 2 is 2.03 bits per heavy atom. The summed E-state index contributed by atoms with van der Waals surface area (Å²) >= 11 is 0. The quantitative estimate of drug-likeness (QED) is 0.464. The Morgan fingerprint density at radius 3 is 2.92 bits per heavy atom. The van der Waals surface area contributed by atoms with E-state index in [2.05, 4.69) is 53.2 Å². The first-order chi connectivity index (χ1) is 17.5. The Bertz CT molecular complexity index is 1300. The number of rotatable bonds is 2. The third-order valence-electron chi connectivity index (χ3n) is 11.4. The van der Waals surface area contributed by atoms with E-state index in [1.165, 1.54) is 40.3 Å². The number of likely N-dealkylation sites (tertiary alicyclic amines) is 1. The third kappa shape index (κ3) is 2.89. The molecule has 2 saturated heterocycles. The number of hydrogen-bond donors (Lipinski definition) is 0. The highest BCUT2D eigenvalue weighted by Gasteiger charge is 2.66. The molecule has 188 valence electrons. The molecule has 2 spiro atoms. The molecular formula is C32H37FN2O. The molecule has 6 aliphatic rings. The van der Waals surface area contributed by atoms with Gasteiger partial charge in [-0.3, -0.25) is 9.88 Å². The molecule has 4 heterocycles. The molecule has 8 rings (SSSR count). The number of ether oxygens (including phenoxy) is 1. The van der Waals surface area contributed by atoms with E-state index in [1.807, 2.05) is 12.4 Å². The number of halogens is 1. The Kier molecular flexibility index (Phi) is 4.59. The Morgan fingerprint density at radius 1 is 1.08 bits per heavy atom. The van der Waals surface area contributed by atoms with Crippen molar-refractivity contribution in [3.8, 4) is 0 Å². The van der Waals surface area contributed by atoms with Crippen molar-refractivity contribution in [3.63, 3.8) is 0 Å². The molecule has 3 nitrogen and oxygen atoms in total. The molecule has 3 aliphatic carbocycles. The summed E-state index contributed by atoms with van der Waals surface area (Å²) in [6.45, 7) is 4.09. The van der Waals surface area contributed by atoms with Crippen molar-refractivity contribution in [2.24, 2.45) is 11.3 Å². The van der Waals surface area contributed by atoms with Crippen LogP contribution in [0.25, 0.3) is 10.8 Å². The zero-order valence-electron chi connectivity index (χ0n) is 21.4. The summed E-state index contributed by atoms with van der Waals surface area (Å²) in [6, 6.07) is 9.63. The average molecular weight is 485 g/mol. The van der Waals surface area contributed by atoms with Crippen LogP contribution in [0.1, 0.15) is 76.2 Å². The van der Waals surface area contributed by atoms with Crippen LogP contribution < -0.4 is 0 Å². The van der Waals surface area contributed by atoms with Crippen molar-refractivity contribution in [2.75, 3.05) is 13.1 Å². The zero-order valence-corrected chi connectivity index (χ0v) is 21.4. The summed E-state index contributed by atoms with van der Waals surface area (Å²) in [7, 11) is 0. The van der Waals surface area contributed by atoms with Gasteiger partial charge in [-0.15, -0.1) is 0 Å². The van der Waals surface area contributed by atoms with Crippen LogP contribution >= 0.6 is 0 Å². The predicted octanol–water partition coefficient (Wildman–Crippen LogP) is 6.89. The van der Waals surface area contributed by atoms with Gasteiger partial charge in [0.15, 0.2) is 0 Å². The van der Waals surface area contributed by atoms with Gasteiger partial charge in [-0.2, -0.15) is 0 Å². The van der Waals surface area contributed by atoms with Gasteiger partial charge in [0, 0.05) is 36.9 Å². The number of aromatic nitrogens is 1. The Balaban J connectivity index is 1.14. The van der Waals surface area contributed by atoms with Crippen molar-refractivity contribution in [3.05, 3.63) is 65.5 Å². The summed E-state index contributed by atoms with van der Waals surface area (Å²) in [4.78, 5) is 6.81. The van der Waals surface area contributed by atoms with E-state index in [0.717, 1.165) is 45.1 Å². The van der Waals surface area contributed by atoms with Crippen molar-refractivity contribution >= 4 is 10.8 Å². The second-order valence-corrected chi connectivity index (χ2v) is 13.0. The lowest BCUT2D eigenvalue weighted by molar-refractivity contribution is -0.140. The normalized spacial score (nSPS) is 43.6. The van der Waals surface area contributed by atoms with Crippen molar-refractivity contribution in [1.29, 1.82) is 0 Å². The molecule has 4 fully saturated rings. The molecular weight excluding hydrogens is 447 g/mol. The molecule has 1 aromatic heterocycles. The fourth-order valence-electron chi connectivity index (χ4n) is 9.64. The minimum atomic E-state index is -0.642. The van der Waals surface area contributed by atoms with Gasteiger partial charge in [-0.05, 0) is 109 Å². The molecule has 1 aromatic carbocycles. The SMILES string of the molecule is C[C@]12CC=C3C=C4CCC(N5CC[C@@H](F)C5)C[C@]45CC[C@]3(O5)[C@@H]1CC[C@@H]2c1ccc2ccncc2c1. The number of nitrogens with zero attached hydrogens (tertiary/aromatic N) is 2. The second-order valence-electron chi connectivity index (χ2n) is 13.0. The number of pyridine rings is 1. The standard InChI is InChI=1S/C32H37FN2O/c1-30-11-8-25-17-24-4-5-27(35-15-10-26(33)20-35)18-31(24)12-13-32(25,36-31)29(30)7-6-28(30)22-3-2-21-9-14-34-19-23(21)16-22/h2-3,8-9,14,16-17,19,26-29H,4-7,10-13,15,18,20H2,1H3/t26-,27?,28-,29-,30-,31-,32-/m1/s1. The van der Waals surface area contributed by atoms with Crippen LogP contribution in [0, 0.1) is 11.3 Å². The van der Waals surface area contributed by atoms with Crippen LogP contribution in [0.15, 0.2) is 60.0 Å². The molecule has 1 unspecified atom stereocenters. The van der Waals surface area contributed by atoms with Gasteiger partial charge in [0.2, 0.25) is 0 Å². The fraction of sp³-hybridized carbons (Fsp3) is 0.594. The molecule has 0 amide bonds. The largest absolute Gasteiger partial charge is 0.359 e. The molecule has 4 heteroatoms. The minimum absolute atomic E-state index is 0.111. The van der Waals surface area contributed by atoms with Gasteiger partial charge in [-0.25, -0.2) is 4.39 Å². The maximum absolute atomic E-state index is 14.0. The number of hydrogen-bond acceptors (Lipinski definition) is 3. The van der Waals surface area contributed by atoms with Gasteiger partial charge in [0.1, 0.15) is 6.17 Å². The van der Waals surface area contributed by atoms with Crippen LogP contribution in [0.5, 0.6) is 0 Å². The molecule has 7 atom stereocenters. The van der Waals surface area contributed by atoms with Crippen LogP contribution in [0.4, 0.5) is 4.39 Å². The molecule has 36 heavy (non-hydrogen) atoms. The third-order valence-corrected chi connectivity index (χ3v) is 11.4. The van der Waals surface area contributed by atoms with E-state index in [-0.39, 0.29) is 16.6 Å². The van der Waals surface area contributed by atoms with E-state index >= 15 is 0 Å². The van der Waals surface area contributed by atoms with E-state index < -0.39 is 6.17 Å². The van der Waals surface area contributed by atoms with Gasteiger partial charge in [0.05, 0.1) is 11.2 Å². The minimum Gasteiger partial charge on any atom is -0.359 e. The summed E-state index contributed by atoms with van der Waals surface area (Å²) in [5.41, 5.74) is 4.47. The second kappa shape index (κ2) is 7.51. The van der Waals surface area contributed by atoms with Gasteiger partial charge >= 0.3 is 0 Å². The van der Waals surface area contributed by atoms with E-state index in [1.54, 1.807) is 0 Å². The molecule has 3 aliphatic heterocycles. The summed E-state index contributed by atoms with van der Waals surface area (Å²) in [5.74, 6) is 1.11. The van der Waals surface area contributed by atoms with Crippen LogP contribution in [-0.4, -0.2) is 46.4 Å². The lowest BCUT2D eigenvalue weighted by atomic mass is 9.58. The van der Waals surface area contributed by atoms with Gasteiger partial charge < -0.3 is 4.74 Å². The molecule has 0 N–H and O–H groups in total. The van der Waals surface area contributed by atoms with Crippen LogP contribution in [0.2, 0.25) is 0 Å². The van der Waals surface area contributed by atoms with Crippen LogP contribution in [0.3, 0.4) is 0 Å². The van der Waals surface area contributed by atoms with Gasteiger partial charge in [0.25, 0.3) is 0 Å². The monoisotopic (exact) mass is 484 g/mol. The summed E-state index contributed by atoms with van der Waals surface area (Å²) in [5, 5.41) is 2.52. The predicted molar refractivity (Wildman–Crippen MR) is 141 cm³/mol. The molecule has 0 radical (unpaired) electrons. The fourth-order valence-corrected chi connectivity index (χ4v) is 9.64. The average Bonchev–Trinajstić information content (AvgIpc) is 3.57. The maximum atomic E-state index is 14.0. The number of allylic oxidation sites excluding steroid dienone is 1. The summed E-state index contributed by atoms with van der Waals surface area (Å²) < 4.78 is 21.5. The highest BCUT2D eigenvalue weighted by Crippen LogP contribution is 2.69. The van der Waals surface area contributed by atoms with Crippen molar-refractivity contribution in [1.82, 2.24) is 9.88 Å². The van der Waals surface area contributed by atoms with Crippen molar-refractivity contribution < 1.29 is 9.13 Å². The van der Waals surface area contributed by atoms with Crippen LogP contribution in [-0.2, 0) is 4.74 Å². The number of benzene rings is 1. The highest BCUT2D eigenvalue weighted by molar-refractivity contribution is 5.82. The van der Waals surface area contributed by atoms with E-state index in [0.29, 0.717) is 30.8 Å². The maximum Gasteiger partial charge on any atom is 0.114 e. The smallest absolute Gasteiger partial charge is 0.114 e. The summed E-state index contributed by atoms with van der Waals surface area (Å²) in [6.07, 6.45) is 18.3. The zero-order chi connectivity index (χ0) is 24.1. The van der Waals surface area contributed by atoms with Gasteiger partial charge in [-0.1, -0.05) is 31.2 Å². The van der Waals surface area contributed by atoms with E-state index in [9.17, 15) is 4.39 Å². The van der Waals surface area contributed by atoms with E-state index in [4.69, 9.17) is 4.74 Å². The van der Waals surface area contributed by atoms with Crippen molar-refractivity contribution in [2.45, 2.75) is 94.0 Å². The lowest BCUT2D eigenvalue weighted by Crippen LogP contribution is -2.55. The first-order valence-corrected chi connectivity index (χ1v) is 14.3. The topological polar surface area (TPSA) is 25.4 Å². The number of alkyl halides is 1. The molecule has 2 bridgehead atoms. The lowest BCUT2D eigenvalue weighted by Gasteiger charge is -2.55. The first-order valence-electron chi connectivity index (χ1n) is 14.3. The first kappa shape index (κ1) is 22.0. The molecule has 2 aromatic rings. The Labute approximate surface area is 213 Å². The highest BCUT2D eigenvalue weighted by atomic mass is 19.1. The Hall–Kier alpha value is -2.04.